The molecule has 0 aliphatic carbocycles. The van der Waals surface area contributed by atoms with Crippen molar-refractivity contribution in [1.82, 2.24) is 0 Å². The minimum atomic E-state index is -0.438. The van der Waals surface area contributed by atoms with E-state index in [1.165, 1.54) is 29.2 Å². The molecule has 0 bridgehead atoms. The van der Waals surface area contributed by atoms with E-state index in [0.717, 1.165) is 27.9 Å². The summed E-state index contributed by atoms with van der Waals surface area (Å²) in [6, 6.07) is 16.9. The second-order valence-corrected chi connectivity index (χ2v) is 7.97. The van der Waals surface area contributed by atoms with Crippen LogP contribution in [-0.4, -0.2) is 11.8 Å². The van der Waals surface area contributed by atoms with Gasteiger partial charge in [-0.15, -0.1) is 0 Å². The number of hydrogen-bond donors (Lipinski definition) is 1. The van der Waals surface area contributed by atoms with E-state index in [2.05, 4.69) is 5.32 Å². The van der Waals surface area contributed by atoms with Gasteiger partial charge >= 0.3 is 0 Å². The van der Waals surface area contributed by atoms with Crippen LogP contribution < -0.4 is 10.2 Å². The molecular weight excluding hydrogens is 391 g/mol. The number of halogens is 1. The van der Waals surface area contributed by atoms with Crippen LogP contribution in [0.2, 0.25) is 0 Å². The number of carbonyl (C=O) groups excluding carboxylic acids is 2. The lowest BCUT2D eigenvalue weighted by molar-refractivity contribution is -0.120. The Bertz CT molecular complexity index is 1220. The van der Waals surface area contributed by atoms with E-state index in [4.69, 9.17) is 0 Å². The van der Waals surface area contributed by atoms with Crippen LogP contribution in [0.25, 0.3) is 5.57 Å². The van der Waals surface area contributed by atoms with Crippen LogP contribution in [0.15, 0.2) is 66.4 Å². The topological polar surface area (TPSA) is 49.4 Å². The molecule has 0 unspecified atom stereocenters. The molecule has 3 aromatic rings. The lowest BCUT2D eigenvalue weighted by Crippen LogP contribution is -2.32. The van der Waals surface area contributed by atoms with Gasteiger partial charge in [-0.3, -0.25) is 9.59 Å². The summed E-state index contributed by atoms with van der Waals surface area (Å²) in [6.45, 7) is 7.85. The zero-order valence-corrected chi connectivity index (χ0v) is 17.9. The van der Waals surface area contributed by atoms with E-state index >= 15 is 0 Å². The number of benzene rings is 3. The zero-order valence-electron chi connectivity index (χ0n) is 17.9. The van der Waals surface area contributed by atoms with Crippen molar-refractivity contribution in [1.29, 1.82) is 0 Å². The Hall–Kier alpha value is -3.73. The summed E-state index contributed by atoms with van der Waals surface area (Å²) in [7, 11) is 0. The molecule has 0 spiro atoms. The Morgan fingerprint density at radius 1 is 0.742 bits per heavy atom. The Labute approximate surface area is 181 Å². The summed E-state index contributed by atoms with van der Waals surface area (Å²) >= 11 is 0. The van der Waals surface area contributed by atoms with E-state index in [1.807, 2.05) is 58.0 Å². The standard InChI is InChI=1S/C26H23FN2O2/c1-15-11-16(2)13-21(12-15)28-24-23(19-6-8-20(27)9-7-19)25(30)29(26(24)31)22-10-5-17(3)18(4)14-22/h5-14,28H,1-4H3. The number of aryl methyl sites for hydroxylation is 4. The van der Waals surface area contributed by atoms with Crippen molar-refractivity contribution in [3.8, 4) is 0 Å². The number of hydrogen-bond acceptors (Lipinski definition) is 3. The number of amides is 2. The predicted octanol–water partition coefficient (Wildman–Crippen LogP) is 5.46. The van der Waals surface area contributed by atoms with Crippen molar-refractivity contribution in [3.63, 3.8) is 0 Å². The maximum atomic E-state index is 13.5. The van der Waals surface area contributed by atoms with Crippen LogP contribution in [0.3, 0.4) is 0 Å². The Kier molecular flexibility index (Phi) is 5.19. The highest BCUT2D eigenvalue weighted by Gasteiger charge is 2.40. The zero-order chi connectivity index (χ0) is 22.3. The molecule has 1 N–H and O–H groups in total. The summed E-state index contributed by atoms with van der Waals surface area (Å²) in [5.41, 5.74) is 6.24. The molecule has 0 fully saturated rings. The molecule has 5 heteroatoms. The number of nitrogens with one attached hydrogen (secondary N) is 1. The van der Waals surface area contributed by atoms with Gasteiger partial charge in [0, 0.05) is 5.69 Å². The number of anilines is 2. The van der Waals surface area contributed by atoms with Crippen LogP contribution in [0.1, 0.15) is 27.8 Å². The fourth-order valence-corrected chi connectivity index (χ4v) is 3.82. The minimum absolute atomic E-state index is 0.180. The SMILES string of the molecule is Cc1cc(C)cc(NC2=C(c3ccc(F)cc3)C(=O)N(c3ccc(C)c(C)c3)C2=O)c1. The van der Waals surface area contributed by atoms with Gasteiger partial charge in [0.05, 0.1) is 11.3 Å². The van der Waals surface area contributed by atoms with Crippen LogP contribution >= 0.6 is 0 Å². The monoisotopic (exact) mass is 414 g/mol. The molecule has 1 heterocycles. The molecule has 1 aliphatic heterocycles. The first kappa shape index (κ1) is 20.5. The third-order valence-corrected chi connectivity index (χ3v) is 5.46. The molecule has 2 amide bonds. The normalized spacial score (nSPS) is 13.9. The largest absolute Gasteiger partial charge is 0.350 e. The Morgan fingerprint density at radius 3 is 2.00 bits per heavy atom. The molecule has 0 radical (unpaired) electrons. The van der Waals surface area contributed by atoms with Gasteiger partial charge in [-0.1, -0.05) is 24.3 Å². The van der Waals surface area contributed by atoms with E-state index in [0.29, 0.717) is 11.3 Å². The Balaban J connectivity index is 1.84. The van der Waals surface area contributed by atoms with Crippen LogP contribution in [-0.2, 0) is 9.59 Å². The average molecular weight is 414 g/mol. The quantitative estimate of drug-likeness (QED) is 0.577. The van der Waals surface area contributed by atoms with Crippen molar-refractivity contribution < 1.29 is 14.0 Å². The molecule has 0 saturated heterocycles. The fourth-order valence-electron chi connectivity index (χ4n) is 3.82. The van der Waals surface area contributed by atoms with Gasteiger partial charge < -0.3 is 5.32 Å². The fraction of sp³-hybridized carbons (Fsp3) is 0.154. The van der Waals surface area contributed by atoms with E-state index < -0.39 is 17.6 Å². The van der Waals surface area contributed by atoms with Crippen molar-refractivity contribution in [2.24, 2.45) is 0 Å². The Morgan fingerprint density at radius 2 is 1.39 bits per heavy atom. The van der Waals surface area contributed by atoms with Crippen molar-refractivity contribution in [2.45, 2.75) is 27.7 Å². The molecule has 4 nitrogen and oxygen atoms in total. The lowest BCUT2D eigenvalue weighted by atomic mass is 10.0. The minimum Gasteiger partial charge on any atom is -0.350 e. The summed E-state index contributed by atoms with van der Waals surface area (Å²) in [6.07, 6.45) is 0. The number of carbonyl (C=O) groups is 2. The molecule has 0 aromatic heterocycles. The van der Waals surface area contributed by atoms with Gasteiger partial charge in [-0.25, -0.2) is 9.29 Å². The van der Waals surface area contributed by atoms with Crippen molar-refractivity contribution in [3.05, 3.63) is 100.0 Å². The van der Waals surface area contributed by atoms with E-state index in [-0.39, 0.29) is 11.3 Å². The summed E-state index contributed by atoms with van der Waals surface area (Å²) in [4.78, 5) is 28.1. The first-order valence-electron chi connectivity index (χ1n) is 10.1. The van der Waals surface area contributed by atoms with Gasteiger partial charge in [0.25, 0.3) is 11.8 Å². The predicted molar refractivity (Wildman–Crippen MR) is 121 cm³/mol. The third-order valence-electron chi connectivity index (χ3n) is 5.46. The first-order valence-corrected chi connectivity index (χ1v) is 10.1. The first-order chi connectivity index (χ1) is 14.7. The maximum Gasteiger partial charge on any atom is 0.282 e. The van der Waals surface area contributed by atoms with Gasteiger partial charge in [-0.05, 0) is 91.9 Å². The summed E-state index contributed by atoms with van der Waals surface area (Å²) in [5.74, 6) is -1.28. The highest BCUT2D eigenvalue weighted by molar-refractivity contribution is 6.46. The average Bonchev–Trinajstić information content (AvgIpc) is 2.94. The van der Waals surface area contributed by atoms with E-state index in [1.54, 1.807) is 6.07 Å². The molecule has 3 aromatic carbocycles. The summed E-state index contributed by atoms with van der Waals surface area (Å²) in [5, 5.41) is 3.17. The van der Waals surface area contributed by atoms with Gasteiger partial charge in [0.1, 0.15) is 11.5 Å². The molecule has 4 rings (SSSR count). The maximum absolute atomic E-state index is 13.5. The smallest absolute Gasteiger partial charge is 0.282 e. The lowest BCUT2D eigenvalue weighted by Gasteiger charge is -2.17. The van der Waals surface area contributed by atoms with Gasteiger partial charge in [0.15, 0.2) is 0 Å². The highest BCUT2D eigenvalue weighted by atomic mass is 19.1. The molecule has 1 aliphatic rings. The van der Waals surface area contributed by atoms with Crippen LogP contribution in [0.5, 0.6) is 0 Å². The van der Waals surface area contributed by atoms with Crippen molar-refractivity contribution in [2.75, 3.05) is 10.2 Å². The number of nitrogens with zero attached hydrogens (tertiary/aromatic N) is 1. The second kappa shape index (κ2) is 7.84. The number of imide groups is 1. The highest BCUT2D eigenvalue weighted by Crippen LogP contribution is 2.34. The van der Waals surface area contributed by atoms with Gasteiger partial charge in [0.2, 0.25) is 0 Å². The number of rotatable bonds is 4. The summed E-state index contributed by atoms with van der Waals surface area (Å²) < 4.78 is 13.5. The third kappa shape index (κ3) is 3.87. The molecule has 0 atom stereocenters. The van der Waals surface area contributed by atoms with Crippen LogP contribution in [0, 0.1) is 33.5 Å². The molecular formula is C26H23FN2O2. The van der Waals surface area contributed by atoms with E-state index in [9.17, 15) is 14.0 Å². The molecule has 31 heavy (non-hydrogen) atoms. The van der Waals surface area contributed by atoms with Crippen LogP contribution in [0.4, 0.5) is 15.8 Å². The molecule has 0 saturated carbocycles. The van der Waals surface area contributed by atoms with Gasteiger partial charge in [-0.2, -0.15) is 0 Å². The van der Waals surface area contributed by atoms with Crippen molar-refractivity contribution >= 4 is 28.8 Å². The second-order valence-electron chi connectivity index (χ2n) is 7.97. The molecule has 156 valence electrons.